The fourth-order valence-corrected chi connectivity index (χ4v) is 4.03. The Hall–Kier alpha value is -0.680. The fraction of sp³-hybridized carbons (Fsp3) is 0.824. The Morgan fingerprint density at radius 3 is 2.00 bits per heavy atom. The van der Waals surface area contributed by atoms with Gasteiger partial charge in [-0.2, -0.15) is 0 Å². The SMILES string of the molecule is C=C(C)C(=O)OC(C)(C)COC(C)(C)C(C)CS(C)(C)(C)=O. The summed E-state index contributed by atoms with van der Waals surface area (Å²) in [5.74, 6) is 0.286. The summed E-state index contributed by atoms with van der Waals surface area (Å²) in [4.78, 5) is 11.6. The summed E-state index contributed by atoms with van der Waals surface area (Å²) in [6.07, 6.45) is 5.42. The summed E-state index contributed by atoms with van der Waals surface area (Å²) in [6.45, 7) is 15.1. The van der Waals surface area contributed by atoms with Crippen molar-refractivity contribution < 1.29 is 18.5 Å². The van der Waals surface area contributed by atoms with Gasteiger partial charge in [0.15, 0.2) is 0 Å². The van der Waals surface area contributed by atoms with E-state index in [1.165, 1.54) is 0 Å². The smallest absolute Gasteiger partial charge is 0.333 e. The zero-order chi connectivity index (χ0) is 18.0. The minimum atomic E-state index is -2.59. The molecule has 4 nitrogen and oxygen atoms in total. The van der Waals surface area contributed by atoms with E-state index in [0.717, 1.165) is 0 Å². The third kappa shape index (κ3) is 8.69. The van der Waals surface area contributed by atoms with Crippen LogP contribution in [0.15, 0.2) is 12.2 Å². The molecular formula is C17H34O4S. The van der Waals surface area contributed by atoms with Crippen molar-refractivity contribution in [1.82, 2.24) is 0 Å². The molecule has 0 rings (SSSR count). The maximum absolute atomic E-state index is 12.5. The number of carbonyl (C=O) groups excluding carboxylic acids is 1. The van der Waals surface area contributed by atoms with Crippen molar-refractivity contribution in [2.75, 3.05) is 31.1 Å². The lowest BCUT2D eigenvalue weighted by atomic mass is 9.94. The van der Waals surface area contributed by atoms with Crippen molar-refractivity contribution in [3.05, 3.63) is 12.2 Å². The van der Waals surface area contributed by atoms with E-state index in [4.69, 9.17) is 9.47 Å². The maximum Gasteiger partial charge on any atom is 0.333 e. The fourth-order valence-electron chi connectivity index (χ4n) is 1.92. The highest BCUT2D eigenvalue weighted by Gasteiger charge is 2.35. The Bertz CT molecular complexity index is 486. The number of carbonyl (C=O) groups is 1. The molecule has 0 aromatic rings. The van der Waals surface area contributed by atoms with Crippen LogP contribution >= 0.6 is 0 Å². The summed E-state index contributed by atoms with van der Waals surface area (Å²) in [5.41, 5.74) is -0.832. The highest BCUT2D eigenvalue weighted by molar-refractivity contribution is 8.18. The minimum absolute atomic E-state index is 0.111. The molecule has 22 heavy (non-hydrogen) atoms. The van der Waals surface area contributed by atoms with Gasteiger partial charge in [0.1, 0.15) is 5.60 Å². The molecule has 0 heterocycles. The summed E-state index contributed by atoms with van der Waals surface area (Å²) < 4.78 is 23.9. The summed E-state index contributed by atoms with van der Waals surface area (Å²) >= 11 is 0. The Morgan fingerprint density at radius 1 is 1.18 bits per heavy atom. The predicted octanol–water partition coefficient (Wildman–Crippen LogP) is 3.03. The van der Waals surface area contributed by atoms with Crippen LogP contribution in [0.1, 0.15) is 41.5 Å². The summed E-state index contributed by atoms with van der Waals surface area (Å²) in [6, 6.07) is 0. The van der Waals surface area contributed by atoms with Gasteiger partial charge < -0.3 is 9.47 Å². The molecule has 0 saturated carbocycles. The summed E-state index contributed by atoms with van der Waals surface area (Å²) in [5, 5.41) is 0. The number of rotatable bonds is 8. The first kappa shape index (κ1) is 21.3. The maximum atomic E-state index is 12.5. The van der Waals surface area contributed by atoms with Gasteiger partial charge in [0, 0.05) is 11.3 Å². The van der Waals surface area contributed by atoms with E-state index in [9.17, 15) is 9.00 Å². The second-order valence-corrected chi connectivity index (χ2v) is 14.3. The first-order valence-corrected chi connectivity index (χ1v) is 10.9. The molecule has 0 saturated heterocycles. The predicted molar refractivity (Wildman–Crippen MR) is 95.0 cm³/mol. The van der Waals surface area contributed by atoms with Crippen molar-refractivity contribution >= 4 is 15.0 Å². The lowest BCUT2D eigenvalue weighted by Gasteiger charge is -2.40. The average molecular weight is 335 g/mol. The normalized spacial score (nSPS) is 16.5. The van der Waals surface area contributed by atoms with Crippen molar-refractivity contribution in [3.8, 4) is 0 Å². The van der Waals surface area contributed by atoms with E-state index in [-0.39, 0.29) is 12.5 Å². The molecule has 0 aromatic heterocycles. The van der Waals surface area contributed by atoms with E-state index < -0.39 is 26.2 Å². The first-order chi connectivity index (χ1) is 9.41. The van der Waals surface area contributed by atoms with Gasteiger partial charge in [-0.3, -0.25) is 4.21 Å². The van der Waals surface area contributed by atoms with E-state index in [1.807, 2.05) is 39.5 Å². The molecule has 0 aromatic carbocycles. The van der Waals surface area contributed by atoms with Crippen LogP contribution < -0.4 is 0 Å². The second-order valence-electron chi connectivity index (χ2n) is 8.60. The highest BCUT2D eigenvalue weighted by atomic mass is 32.3. The molecule has 0 fully saturated rings. The molecule has 1 unspecified atom stereocenters. The van der Waals surface area contributed by atoms with Crippen LogP contribution in [0.2, 0.25) is 0 Å². The quantitative estimate of drug-likeness (QED) is 0.506. The van der Waals surface area contributed by atoms with Crippen molar-refractivity contribution in [3.63, 3.8) is 0 Å². The van der Waals surface area contributed by atoms with E-state index >= 15 is 0 Å². The van der Waals surface area contributed by atoms with Gasteiger partial charge in [0.25, 0.3) is 0 Å². The number of esters is 1. The van der Waals surface area contributed by atoms with Gasteiger partial charge in [-0.1, -0.05) is 13.5 Å². The van der Waals surface area contributed by atoms with Crippen LogP contribution in [0.25, 0.3) is 0 Å². The third-order valence-corrected chi connectivity index (χ3v) is 5.15. The Balaban J connectivity index is 4.76. The van der Waals surface area contributed by atoms with Gasteiger partial charge in [-0.15, -0.1) is 9.07 Å². The minimum Gasteiger partial charge on any atom is -0.454 e. The standard InChI is InChI=1S/C17H34O4S/c1-13(2)15(18)21-16(4,5)12-20-17(6,7)14(3)11-22(8,9,10)19/h14H,1,11-12H2,2-10H3. The third-order valence-electron chi connectivity index (χ3n) is 3.51. The monoisotopic (exact) mass is 334 g/mol. The Morgan fingerprint density at radius 2 is 1.64 bits per heavy atom. The summed E-state index contributed by atoms with van der Waals surface area (Å²) in [7, 11) is -2.59. The van der Waals surface area contributed by atoms with Crippen LogP contribution in [0.3, 0.4) is 0 Å². The number of hydrogen-bond acceptors (Lipinski definition) is 4. The lowest BCUT2D eigenvalue weighted by molar-refractivity contribution is -0.166. The van der Waals surface area contributed by atoms with Gasteiger partial charge in [-0.05, 0) is 59.3 Å². The molecule has 1 atom stereocenters. The molecule has 0 bridgehead atoms. The van der Waals surface area contributed by atoms with Crippen molar-refractivity contribution in [1.29, 1.82) is 0 Å². The van der Waals surface area contributed by atoms with Crippen LogP contribution in [-0.2, 0) is 23.3 Å². The van der Waals surface area contributed by atoms with Gasteiger partial charge in [-0.25, -0.2) is 4.79 Å². The molecule has 0 N–H and O–H groups in total. The van der Waals surface area contributed by atoms with Crippen LogP contribution in [0.4, 0.5) is 0 Å². The highest BCUT2D eigenvalue weighted by Crippen LogP contribution is 2.29. The zero-order valence-electron chi connectivity index (χ0n) is 15.7. The van der Waals surface area contributed by atoms with Gasteiger partial charge >= 0.3 is 5.97 Å². The average Bonchev–Trinajstić information content (AvgIpc) is 2.22. The van der Waals surface area contributed by atoms with Gasteiger partial charge in [0.2, 0.25) is 0 Å². The van der Waals surface area contributed by atoms with E-state index in [1.54, 1.807) is 20.8 Å². The molecular weight excluding hydrogens is 300 g/mol. The Kier molecular flexibility index (Phi) is 6.24. The van der Waals surface area contributed by atoms with E-state index in [2.05, 4.69) is 6.58 Å². The van der Waals surface area contributed by atoms with Crippen LogP contribution in [0.5, 0.6) is 0 Å². The Labute approximate surface area is 136 Å². The largest absolute Gasteiger partial charge is 0.454 e. The van der Waals surface area contributed by atoms with Crippen molar-refractivity contribution in [2.45, 2.75) is 52.7 Å². The molecule has 0 aliphatic heterocycles. The zero-order valence-corrected chi connectivity index (χ0v) is 16.6. The molecule has 0 amide bonds. The van der Waals surface area contributed by atoms with E-state index in [0.29, 0.717) is 11.3 Å². The lowest BCUT2D eigenvalue weighted by Crippen LogP contribution is -2.46. The number of ether oxygens (including phenoxy) is 2. The van der Waals surface area contributed by atoms with Crippen LogP contribution in [0, 0.1) is 5.92 Å². The van der Waals surface area contributed by atoms with Crippen LogP contribution in [-0.4, -0.2) is 52.5 Å². The number of hydrogen-bond donors (Lipinski definition) is 0. The topological polar surface area (TPSA) is 52.6 Å². The molecule has 0 aliphatic rings. The molecule has 0 radical (unpaired) electrons. The second kappa shape index (κ2) is 6.44. The molecule has 0 aliphatic carbocycles. The molecule has 0 spiro atoms. The first-order valence-electron chi connectivity index (χ1n) is 7.52. The van der Waals surface area contributed by atoms with Crippen molar-refractivity contribution in [2.24, 2.45) is 5.92 Å². The molecule has 132 valence electrons. The molecule has 5 heteroatoms. The van der Waals surface area contributed by atoms with Gasteiger partial charge in [0.05, 0.1) is 12.2 Å².